The fourth-order valence-corrected chi connectivity index (χ4v) is 3.04. The zero-order chi connectivity index (χ0) is 13.9. The van der Waals surface area contributed by atoms with Crippen LogP contribution in [0.15, 0.2) is 16.3 Å². The lowest BCUT2D eigenvalue weighted by molar-refractivity contribution is -0.117. The van der Waals surface area contributed by atoms with Crippen LogP contribution in [-0.2, 0) is 4.79 Å². The number of carbonyl (C=O) groups excluding carboxylic acids is 1. The molecule has 0 aromatic rings. The maximum atomic E-state index is 12.1. The minimum Gasteiger partial charge on any atom is -0.511 e. The second-order valence-corrected chi connectivity index (χ2v) is 6.72. The Hall–Kier alpha value is -1.12. The Bertz CT molecular complexity index is 399. The van der Waals surface area contributed by atoms with Crippen molar-refractivity contribution in [3.05, 3.63) is 11.3 Å². The Balaban J connectivity index is 2.06. The first-order chi connectivity index (χ1) is 8.98. The van der Waals surface area contributed by atoms with Gasteiger partial charge < -0.3 is 5.11 Å². The number of allylic oxidation sites excluding steroid dienone is 2. The van der Waals surface area contributed by atoms with E-state index in [0.29, 0.717) is 24.5 Å². The number of nitrogens with zero attached hydrogens (tertiary/aromatic N) is 1. The highest BCUT2D eigenvalue weighted by Gasteiger charge is 2.32. The van der Waals surface area contributed by atoms with Crippen LogP contribution in [0, 0.1) is 5.41 Å². The molecule has 1 fully saturated rings. The number of hydrogen-bond acceptors (Lipinski definition) is 3. The van der Waals surface area contributed by atoms with Gasteiger partial charge in [-0.1, -0.05) is 39.5 Å². The molecule has 0 amide bonds. The summed E-state index contributed by atoms with van der Waals surface area (Å²) in [6, 6.07) is 0.338. The summed E-state index contributed by atoms with van der Waals surface area (Å²) in [5.74, 6) is 0.254. The number of aliphatic imine (C=N–C) groups is 1. The van der Waals surface area contributed by atoms with E-state index in [4.69, 9.17) is 0 Å². The van der Waals surface area contributed by atoms with E-state index in [1.165, 1.54) is 25.7 Å². The highest BCUT2D eigenvalue weighted by molar-refractivity contribution is 6.14. The van der Waals surface area contributed by atoms with Gasteiger partial charge in [-0.3, -0.25) is 9.79 Å². The Morgan fingerprint density at radius 3 is 2.37 bits per heavy atom. The summed E-state index contributed by atoms with van der Waals surface area (Å²) in [5.41, 5.74) is 0.324. The highest BCUT2D eigenvalue weighted by atomic mass is 16.3. The molecule has 0 aromatic heterocycles. The minimum atomic E-state index is -0.124. The lowest BCUT2D eigenvalue weighted by Gasteiger charge is -2.28. The van der Waals surface area contributed by atoms with E-state index in [0.717, 1.165) is 12.8 Å². The average molecular weight is 263 g/mol. The molecular weight excluding hydrogens is 238 g/mol. The first-order valence-corrected chi connectivity index (χ1v) is 7.46. The van der Waals surface area contributed by atoms with Gasteiger partial charge in [-0.2, -0.15) is 0 Å². The first kappa shape index (κ1) is 14.3. The van der Waals surface area contributed by atoms with Crippen LogP contribution in [0.5, 0.6) is 0 Å². The lowest BCUT2D eigenvalue weighted by atomic mass is 9.77. The van der Waals surface area contributed by atoms with Crippen LogP contribution in [0.2, 0.25) is 0 Å². The first-order valence-electron chi connectivity index (χ1n) is 7.46. The quantitative estimate of drug-likeness (QED) is 0.605. The second-order valence-electron chi connectivity index (χ2n) is 6.72. The number of aliphatic hydroxyl groups is 1. The van der Waals surface area contributed by atoms with Gasteiger partial charge in [0, 0.05) is 25.1 Å². The van der Waals surface area contributed by atoms with Gasteiger partial charge in [-0.25, -0.2) is 0 Å². The van der Waals surface area contributed by atoms with E-state index in [9.17, 15) is 9.90 Å². The Labute approximate surface area is 115 Å². The molecule has 0 atom stereocenters. The molecule has 3 heteroatoms. The molecule has 0 aliphatic heterocycles. The van der Waals surface area contributed by atoms with Gasteiger partial charge in [0.2, 0.25) is 0 Å². The normalized spacial score (nSPS) is 25.9. The number of carbonyl (C=O) groups is 1. The maximum Gasteiger partial charge on any atom is 0.168 e. The molecule has 106 valence electrons. The van der Waals surface area contributed by atoms with Crippen LogP contribution in [-0.4, -0.2) is 23.1 Å². The monoisotopic (exact) mass is 263 g/mol. The summed E-state index contributed by atoms with van der Waals surface area (Å²) in [5, 5.41) is 10.0. The van der Waals surface area contributed by atoms with Crippen molar-refractivity contribution in [1.82, 2.24) is 0 Å². The van der Waals surface area contributed by atoms with Crippen LogP contribution in [0.25, 0.3) is 0 Å². The summed E-state index contributed by atoms with van der Waals surface area (Å²) >= 11 is 0. The average Bonchev–Trinajstić information content (AvgIpc) is 2.54. The second kappa shape index (κ2) is 5.89. The third-order valence-electron chi connectivity index (χ3n) is 4.14. The van der Waals surface area contributed by atoms with Gasteiger partial charge in [0.05, 0.1) is 5.57 Å². The fourth-order valence-electron chi connectivity index (χ4n) is 3.04. The third-order valence-corrected chi connectivity index (χ3v) is 4.14. The van der Waals surface area contributed by atoms with Crippen molar-refractivity contribution in [2.75, 3.05) is 0 Å². The molecule has 3 nitrogen and oxygen atoms in total. The fraction of sp³-hybridized carbons (Fsp3) is 0.750. The molecule has 0 bridgehead atoms. The predicted octanol–water partition coefficient (Wildman–Crippen LogP) is 3.98. The van der Waals surface area contributed by atoms with E-state index >= 15 is 0 Å². The molecule has 19 heavy (non-hydrogen) atoms. The molecule has 0 heterocycles. The third kappa shape index (κ3) is 3.92. The molecule has 2 aliphatic carbocycles. The summed E-state index contributed by atoms with van der Waals surface area (Å²) < 4.78 is 0. The van der Waals surface area contributed by atoms with Gasteiger partial charge in [-0.05, 0) is 18.3 Å². The van der Waals surface area contributed by atoms with E-state index in [2.05, 4.69) is 4.99 Å². The molecule has 2 aliphatic rings. The van der Waals surface area contributed by atoms with Crippen LogP contribution in [0.4, 0.5) is 0 Å². The molecule has 1 saturated carbocycles. The van der Waals surface area contributed by atoms with Gasteiger partial charge in [0.15, 0.2) is 5.78 Å². The van der Waals surface area contributed by atoms with Crippen LogP contribution < -0.4 is 0 Å². The van der Waals surface area contributed by atoms with E-state index in [1.54, 1.807) is 6.21 Å². The van der Waals surface area contributed by atoms with Crippen molar-refractivity contribution in [2.45, 2.75) is 71.3 Å². The summed E-state index contributed by atoms with van der Waals surface area (Å²) in [4.78, 5) is 16.6. The number of hydrogen-bond donors (Lipinski definition) is 1. The summed E-state index contributed by atoms with van der Waals surface area (Å²) in [6.07, 6.45) is 10.0. The topological polar surface area (TPSA) is 49.7 Å². The number of aliphatic hydroxyl groups excluding tert-OH is 1. The molecular formula is C16H25NO2. The van der Waals surface area contributed by atoms with Crippen LogP contribution in [0.3, 0.4) is 0 Å². The SMILES string of the molecule is CC1(C)CC(=O)C(C=NC2CCCCCC2)=C(O)C1. The van der Waals surface area contributed by atoms with Gasteiger partial charge in [0.1, 0.15) is 5.76 Å². The van der Waals surface area contributed by atoms with Gasteiger partial charge >= 0.3 is 0 Å². The van der Waals surface area contributed by atoms with Crippen molar-refractivity contribution >= 4 is 12.0 Å². The largest absolute Gasteiger partial charge is 0.511 e. The van der Waals surface area contributed by atoms with Crippen LogP contribution in [0.1, 0.15) is 65.2 Å². The van der Waals surface area contributed by atoms with Gasteiger partial charge in [0.25, 0.3) is 0 Å². The van der Waals surface area contributed by atoms with Crippen molar-refractivity contribution in [2.24, 2.45) is 10.4 Å². The number of ketones is 1. The van der Waals surface area contributed by atoms with E-state index in [-0.39, 0.29) is 17.0 Å². The Kier molecular flexibility index (Phi) is 4.43. The summed E-state index contributed by atoms with van der Waals surface area (Å²) in [7, 11) is 0. The molecule has 1 N–H and O–H groups in total. The minimum absolute atomic E-state index is 0.0334. The van der Waals surface area contributed by atoms with Crippen molar-refractivity contribution < 1.29 is 9.90 Å². The number of rotatable bonds is 2. The Morgan fingerprint density at radius 1 is 1.16 bits per heavy atom. The predicted molar refractivity (Wildman–Crippen MR) is 77.7 cm³/mol. The highest BCUT2D eigenvalue weighted by Crippen LogP contribution is 2.35. The molecule has 0 unspecified atom stereocenters. The zero-order valence-electron chi connectivity index (χ0n) is 12.1. The van der Waals surface area contributed by atoms with Gasteiger partial charge in [-0.15, -0.1) is 0 Å². The van der Waals surface area contributed by atoms with Crippen LogP contribution >= 0.6 is 0 Å². The zero-order valence-corrected chi connectivity index (χ0v) is 12.1. The number of Topliss-reactive ketones (excluding diaryl/α,β-unsaturated/α-hetero) is 1. The maximum absolute atomic E-state index is 12.1. The molecule has 0 spiro atoms. The van der Waals surface area contributed by atoms with Crippen molar-refractivity contribution in [1.29, 1.82) is 0 Å². The summed E-state index contributed by atoms with van der Waals surface area (Å²) in [6.45, 7) is 4.03. The Morgan fingerprint density at radius 2 is 1.79 bits per heavy atom. The lowest BCUT2D eigenvalue weighted by Crippen LogP contribution is -2.26. The van der Waals surface area contributed by atoms with E-state index < -0.39 is 0 Å². The standard InChI is InChI=1S/C16H25NO2/c1-16(2)9-14(18)13(15(19)10-16)11-17-12-7-5-3-4-6-8-12/h11-12,18H,3-10H2,1-2H3. The molecule has 0 radical (unpaired) electrons. The molecule has 2 rings (SSSR count). The van der Waals surface area contributed by atoms with Crippen molar-refractivity contribution in [3.8, 4) is 0 Å². The van der Waals surface area contributed by atoms with E-state index in [1.807, 2.05) is 13.8 Å². The smallest absolute Gasteiger partial charge is 0.168 e. The molecule has 0 aromatic carbocycles. The van der Waals surface area contributed by atoms with Crippen molar-refractivity contribution in [3.63, 3.8) is 0 Å². The molecule has 0 saturated heterocycles.